The van der Waals surface area contributed by atoms with E-state index in [0.717, 1.165) is 5.56 Å². The maximum atomic E-state index is 13.9. The number of ether oxygens (including phenoxy) is 2. The van der Waals surface area contributed by atoms with Crippen LogP contribution in [0.15, 0.2) is 59.3 Å². The highest BCUT2D eigenvalue weighted by atomic mass is 79.9. The van der Waals surface area contributed by atoms with Crippen LogP contribution in [0.5, 0.6) is 11.5 Å². The van der Waals surface area contributed by atoms with Gasteiger partial charge in [0.15, 0.2) is 18.2 Å². The second-order valence-electron chi connectivity index (χ2n) is 6.00. The fourth-order valence-electron chi connectivity index (χ4n) is 2.78. The summed E-state index contributed by atoms with van der Waals surface area (Å²) in [5, 5.41) is 2.89. The molecule has 0 saturated carbocycles. The SMILES string of the molecule is COc1ccccc1C(NC(=O)COc1ccc(Br)cc1F)c1nccn1C. The summed E-state index contributed by atoms with van der Waals surface area (Å²) in [6.07, 6.45) is 3.44. The van der Waals surface area contributed by atoms with Gasteiger partial charge >= 0.3 is 0 Å². The van der Waals surface area contributed by atoms with Crippen LogP contribution >= 0.6 is 15.9 Å². The van der Waals surface area contributed by atoms with Crippen molar-refractivity contribution in [2.24, 2.45) is 7.05 Å². The molecule has 8 heteroatoms. The Morgan fingerprint density at radius 3 is 2.75 bits per heavy atom. The Hall–Kier alpha value is -2.87. The van der Waals surface area contributed by atoms with E-state index in [-0.39, 0.29) is 12.4 Å². The van der Waals surface area contributed by atoms with E-state index in [2.05, 4.69) is 26.2 Å². The lowest BCUT2D eigenvalue weighted by Gasteiger charge is -2.21. The molecule has 0 bridgehead atoms. The first kappa shape index (κ1) is 19.9. The minimum atomic E-state index is -0.554. The zero-order chi connectivity index (χ0) is 20.1. The molecule has 3 rings (SSSR count). The van der Waals surface area contributed by atoms with Gasteiger partial charge in [-0.2, -0.15) is 0 Å². The number of imidazole rings is 1. The van der Waals surface area contributed by atoms with E-state index in [1.54, 1.807) is 25.6 Å². The van der Waals surface area contributed by atoms with Crippen LogP contribution in [0, 0.1) is 5.82 Å². The number of aromatic nitrogens is 2. The first-order valence-corrected chi connectivity index (χ1v) is 9.26. The van der Waals surface area contributed by atoms with Gasteiger partial charge in [-0.05, 0) is 24.3 Å². The maximum absolute atomic E-state index is 13.9. The molecule has 1 N–H and O–H groups in total. The van der Waals surface area contributed by atoms with Crippen LogP contribution in [0.2, 0.25) is 0 Å². The lowest BCUT2D eigenvalue weighted by molar-refractivity contribution is -0.123. The number of hydrogen-bond acceptors (Lipinski definition) is 4. The van der Waals surface area contributed by atoms with E-state index >= 15 is 0 Å². The molecule has 0 aliphatic carbocycles. The van der Waals surface area contributed by atoms with Crippen LogP contribution in [-0.4, -0.2) is 29.2 Å². The topological polar surface area (TPSA) is 65.4 Å². The normalized spacial score (nSPS) is 11.7. The molecular weight excluding hydrogens is 429 g/mol. The van der Waals surface area contributed by atoms with Gasteiger partial charge in [0.05, 0.1) is 7.11 Å². The number of rotatable bonds is 7. The highest BCUT2D eigenvalue weighted by Gasteiger charge is 2.24. The first-order valence-electron chi connectivity index (χ1n) is 8.47. The summed E-state index contributed by atoms with van der Waals surface area (Å²) in [5.74, 6) is 0.293. The standard InChI is InChI=1S/C20H19BrFN3O3/c1-25-10-9-23-20(25)19(14-5-3-4-6-16(14)27-2)24-18(26)12-28-17-8-7-13(21)11-15(17)22/h3-11,19H,12H2,1-2H3,(H,24,26). The van der Waals surface area contributed by atoms with E-state index < -0.39 is 17.8 Å². The largest absolute Gasteiger partial charge is 0.496 e. The number of carbonyl (C=O) groups is 1. The Morgan fingerprint density at radius 2 is 2.07 bits per heavy atom. The van der Waals surface area contributed by atoms with Gasteiger partial charge in [0.25, 0.3) is 5.91 Å². The molecule has 0 radical (unpaired) electrons. The van der Waals surface area contributed by atoms with Gasteiger partial charge in [-0.3, -0.25) is 4.79 Å². The van der Waals surface area contributed by atoms with Gasteiger partial charge in [0.2, 0.25) is 0 Å². The van der Waals surface area contributed by atoms with Gasteiger partial charge in [-0.1, -0.05) is 34.1 Å². The molecule has 0 spiro atoms. The second kappa shape index (κ2) is 8.88. The molecule has 1 heterocycles. The Bertz CT molecular complexity index is 977. The van der Waals surface area contributed by atoms with E-state index in [4.69, 9.17) is 9.47 Å². The summed E-state index contributed by atoms with van der Waals surface area (Å²) < 4.78 is 27.0. The van der Waals surface area contributed by atoms with E-state index in [0.29, 0.717) is 16.0 Å². The van der Waals surface area contributed by atoms with Crippen molar-refractivity contribution in [2.75, 3.05) is 13.7 Å². The molecule has 0 fully saturated rings. The summed E-state index contributed by atoms with van der Waals surface area (Å²) in [5.41, 5.74) is 0.752. The third-order valence-electron chi connectivity index (χ3n) is 4.12. The summed E-state index contributed by atoms with van der Waals surface area (Å²) in [6, 6.07) is 11.2. The minimum absolute atomic E-state index is 0.00387. The molecule has 6 nitrogen and oxygen atoms in total. The number of amides is 1. The summed E-state index contributed by atoms with van der Waals surface area (Å²) in [4.78, 5) is 16.9. The number of hydrogen-bond donors (Lipinski definition) is 1. The van der Waals surface area contributed by atoms with Crippen molar-refractivity contribution in [3.8, 4) is 11.5 Å². The number of methoxy groups -OCH3 is 1. The molecular formula is C20H19BrFN3O3. The predicted molar refractivity (Wildman–Crippen MR) is 106 cm³/mol. The van der Waals surface area contributed by atoms with Crippen molar-refractivity contribution in [3.05, 3.63) is 76.5 Å². The number of nitrogens with zero attached hydrogens (tertiary/aromatic N) is 2. The molecule has 3 aromatic rings. The van der Waals surface area contributed by atoms with E-state index in [1.807, 2.05) is 35.9 Å². The van der Waals surface area contributed by atoms with Crippen molar-refractivity contribution >= 4 is 21.8 Å². The fourth-order valence-corrected chi connectivity index (χ4v) is 3.11. The average molecular weight is 448 g/mol. The van der Waals surface area contributed by atoms with Gasteiger partial charge in [0, 0.05) is 29.5 Å². The average Bonchev–Trinajstić information content (AvgIpc) is 3.11. The molecule has 1 amide bonds. The Balaban J connectivity index is 1.80. The molecule has 28 heavy (non-hydrogen) atoms. The molecule has 1 atom stereocenters. The van der Waals surface area contributed by atoms with Crippen LogP contribution in [0.1, 0.15) is 17.4 Å². The van der Waals surface area contributed by atoms with E-state index in [1.165, 1.54) is 12.1 Å². The summed E-state index contributed by atoms with van der Waals surface area (Å²) in [7, 11) is 3.40. The molecule has 0 aliphatic rings. The van der Waals surface area contributed by atoms with Crippen LogP contribution in [0.4, 0.5) is 4.39 Å². The zero-order valence-electron chi connectivity index (χ0n) is 15.4. The molecule has 146 valence electrons. The fraction of sp³-hybridized carbons (Fsp3) is 0.200. The summed E-state index contributed by atoms with van der Waals surface area (Å²) in [6.45, 7) is -0.339. The van der Waals surface area contributed by atoms with Crippen molar-refractivity contribution in [1.82, 2.24) is 14.9 Å². The zero-order valence-corrected chi connectivity index (χ0v) is 16.9. The van der Waals surface area contributed by atoms with Crippen molar-refractivity contribution < 1.29 is 18.7 Å². The third kappa shape index (κ3) is 4.51. The monoisotopic (exact) mass is 447 g/mol. The Morgan fingerprint density at radius 1 is 1.29 bits per heavy atom. The maximum Gasteiger partial charge on any atom is 0.258 e. The second-order valence-corrected chi connectivity index (χ2v) is 6.92. The van der Waals surface area contributed by atoms with Crippen LogP contribution in [0.3, 0.4) is 0 Å². The highest BCUT2D eigenvalue weighted by Crippen LogP contribution is 2.29. The van der Waals surface area contributed by atoms with Gasteiger partial charge in [-0.15, -0.1) is 0 Å². The highest BCUT2D eigenvalue weighted by molar-refractivity contribution is 9.10. The van der Waals surface area contributed by atoms with Crippen molar-refractivity contribution in [3.63, 3.8) is 0 Å². The van der Waals surface area contributed by atoms with E-state index in [9.17, 15) is 9.18 Å². The first-order chi connectivity index (χ1) is 13.5. The lowest BCUT2D eigenvalue weighted by atomic mass is 10.0. The number of halogens is 2. The molecule has 2 aromatic carbocycles. The van der Waals surface area contributed by atoms with Crippen LogP contribution in [-0.2, 0) is 11.8 Å². The molecule has 1 unspecified atom stereocenters. The number of nitrogens with one attached hydrogen (secondary N) is 1. The Kier molecular flexibility index (Phi) is 6.30. The van der Waals surface area contributed by atoms with Crippen LogP contribution in [0.25, 0.3) is 0 Å². The quantitative estimate of drug-likeness (QED) is 0.600. The smallest absolute Gasteiger partial charge is 0.258 e. The van der Waals surface area contributed by atoms with Gasteiger partial charge in [0.1, 0.15) is 17.6 Å². The number of benzene rings is 2. The van der Waals surface area contributed by atoms with Gasteiger partial charge in [-0.25, -0.2) is 9.37 Å². The minimum Gasteiger partial charge on any atom is -0.496 e. The molecule has 1 aromatic heterocycles. The van der Waals surface area contributed by atoms with Gasteiger partial charge < -0.3 is 19.4 Å². The van der Waals surface area contributed by atoms with Crippen molar-refractivity contribution in [1.29, 1.82) is 0 Å². The molecule has 0 aliphatic heterocycles. The lowest BCUT2D eigenvalue weighted by Crippen LogP contribution is -2.34. The third-order valence-corrected chi connectivity index (χ3v) is 4.62. The number of aryl methyl sites for hydroxylation is 1. The number of para-hydroxylation sites is 1. The van der Waals surface area contributed by atoms with Crippen LogP contribution < -0.4 is 14.8 Å². The Labute approximate surface area is 170 Å². The number of carbonyl (C=O) groups excluding carboxylic acids is 1. The predicted octanol–water partition coefficient (Wildman–Crippen LogP) is 3.61. The molecule has 0 saturated heterocycles. The summed E-state index contributed by atoms with van der Waals surface area (Å²) >= 11 is 3.18. The van der Waals surface area contributed by atoms with Crippen molar-refractivity contribution in [2.45, 2.75) is 6.04 Å².